The van der Waals surface area contributed by atoms with Gasteiger partial charge in [-0.05, 0) is 12.8 Å². The van der Waals surface area contributed by atoms with Crippen molar-refractivity contribution in [2.24, 2.45) is 10.2 Å². The maximum absolute atomic E-state index is 10.8. The molecule has 0 atom stereocenters. The molecule has 0 unspecified atom stereocenters. The Morgan fingerprint density at radius 3 is 1.57 bits per heavy atom. The van der Waals surface area contributed by atoms with Crippen LogP contribution in [-0.2, 0) is 0 Å². The quantitative estimate of drug-likeness (QED) is 0.677. The standard InChI is InChI=1S/C8H16N4O2/c1-3-5-9-7(13)11-12-8(14)10-6-4-2/h3-6H2,1-2H3,(H,9,13)(H,10,14)/b12-11+. The van der Waals surface area contributed by atoms with E-state index in [1.54, 1.807) is 0 Å². The molecular weight excluding hydrogens is 184 g/mol. The van der Waals surface area contributed by atoms with E-state index in [4.69, 9.17) is 0 Å². The molecule has 6 heteroatoms. The van der Waals surface area contributed by atoms with Crippen LogP contribution in [0.15, 0.2) is 10.2 Å². The van der Waals surface area contributed by atoms with Crippen molar-refractivity contribution in [2.75, 3.05) is 13.1 Å². The summed E-state index contributed by atoms with van der Waals surface area (Å²) in [7, 11) is 0. The Morgan fingerprint density at radius 2 is 1.29 bits per heavy atom. The highest BCUT2D eigenvalue weighted by atomic mass is 16.2. The number of hydrogen-bond acceptors (Lipinski definition) is 2. The van der Waals surface area contributed by atoms with Gasteiger partial charge < -0.3 is 10.6 Å². The smallest absolute Gasteiger partial charge is 0.335 e. The first-order valence-electron chi connectivity index (χ1n) is 4.68. The van der Waals surface area contributed by atoms with Gasteiger partial charge in [0.05, 0.1) is 0 Å². The number of nitrogens with zero attached hydrogens (tertiary/aromatic N) is 2. The Morgan fingerprint density at radius 1 is 0.929 bits per heavy atom. The van der Waals surface area contributed by atoms with Gasteiger partial charge in [0.25, 0.3) is 0 Å². The summed E-state index contributed by atoms with van der Waals surface area (Å²) in [5.74, 6) is 0. The number of amides is 4. The van der Waals surface area contributed by atoms with E-state index in [9.17, 15) is 9.59 Å². The van der Waals surface area contributed by atoms with Gasteiger partial charge in [0, 0.05) is 13.1 Å². The predicted molar refractivity (Wildman–Crippen MR) is 52.2 cm³/mol. The summed E-state index contributed by atoms with van der Waals surface area (Å²) in [5.41, 5.74) is 0. The van der Waals surface area contributed by atoms with Gasteiger partial charge in [0.1, 0.15) is 0 Å². The van der Waals surface area contributed by atoms with Gasteiger partial charge in [-0.1, -0.05) is 24.1 Å². The molecule has 0 aliphatic carbocycles. The third-order valence-corrected chi connectivity index (χ3v) is 1.28. The normalized spacial score (nSPS) is 10.1. The maximum atomic E-state index is 10.8. The molecule has 80 valence electrons. The first-order chi connectivity index (χ1) is 6.70. The fourth-order valence-corrected chi connectivity index (χ4v) is 0.625. The molecule has 14 heavy (non-hydrogen) atoms. The van der Waals surface area contributed by atoms with E-state index >= 15 is 0 Å². The monoisotopic (exact) mass is 200 g/mol. The topological polar surface area (TPSA) is 82.9 Å². The van der Waals surface area contributed by atoms with Crippen LogP contribution in [0.2, 0.25) is 0 Å². The molecule has 0 aromatic carbocycles. The highest BCUT2D eigenvalue weighted by molar-refractivity contribution is 5.79. The van der Waals surface area contributed by atoms with Crippen molar-refractivity contribution in [3.05, 3.63) is 0 Å². The molecule has 6 nitrogen and oxygen atoms in total. The lowest BCUT2D eigenvalue weighted by Crippen LogP contribution is -2.22. The molecule has 2 N–H and O–H groups in total. The molecule has 0 fully saturated rings. The van der Waals surface area contributed by atoms with Gasteiger partial charge in [-0.3, -0.25) is 0 Å². The third kappa shape index (κ3) is 7.20. The Kier molecular flexibility index (Phi) is 7.30. The van der Waals surface area contributed by atoms with E-state index in [2.05, 4.69) is 20.9 Å². The van der Waals surface area contributed by atoms with Crippen molar-refractivity contribution in [3.63, 3.8) is 0 Å². The summed E-state index contributed by atoms with van der Waals surface area (Å²) in [6.45, 7) is 4.92. The van der Waals surface area contributed by atoms with Crippen LogP contribution in [0.4, 0.5) is 9.59 Å². The largest absolute Gasteiger partial charge is 0.359 e. The molecular formula is C8H16N4O2. The minimum absolute atomic E-state index is 0.536. The lowest BCUT2D eigenvalue weighted by Gasteiger charge is -1.97. The first kappa shape index (κ1) is 12.5. The molecule has 0 heterocycles. The van der Waals surface area contributed by atoms with E-state index < -0.39 is 12.1 Å². The number of azo groups is 1. The van der Waals surface area contributed by atoms with Crippen molar-refractivity contribution in [1.82, 2.24) is 10.6 Å². The Bertz CT molecular complexity index is 193. The zero-order chi connectivity index (χ0) is 10.8. The first-order valence-corrected chi connectivity index (χ1v) is 4.68. The lowest BCUT2D eigenvalue weighted by atomic mass is 10.5. The number of carbonyl (C=O) groups is 2. The van der Waals surface area contributed by atoms with Crippen LogP contribution in [0.1, 0.15) is 26.7 Å². The van der Waals surface area contributed by atoms with Gasteiger partial charge in [0.2, 0.25) is 0 Å². The Hall–Kier alpha value is -1.46. The maximum Gasteiger partial charge on any atom is 0.359 e. The van der Waals surface area contributed by atoms with Crippen LogP contribution < -0.4 is 10.6 Å². The van der Waals surface area contributed by atoms with E-state index in [1.807, 2.05) is 13.8 Å². The fourth-order valence-electron chi connectivity index (χ4n) is 0.625. The molecule has 0 spiro atoms. The Balaban J connectivity index is 3.68. The molecule has 0 radical (unpaired) electrons. The van der Waals surface area contributed by atoms with Gasteiger partial charge >= 0.3 is 12.1 Å². The molecule has 0 aliphatic heterocycles. The van der Waals surface area contributed by atoms with E-state index in [0.717, 1.165) is 12.8 Å². The zero-order valence-electron chi connectivity index (χ0n) is 8.54. The minimum atomic E-state index is -0.585. The van der Waals surface area contributed by atoms with Crippen LogP contribution in [-0.4, -0.2) is 25.2 Å². The average molecular weight is 200 g/mol. The average Bonchev–Trinajstić information content (AvgIpc) is 2.20. The second-order valence-electron chi connectivity index (χ2n) is 2.66. The molecule has 0 aromatic heterocycles. The second kappa shape index (κ2) is 8.15. The molecule has 0 saturated carbocycles. The molecule has 0 rings (SSSR count). The van der Waals surface area contributed by atoms with Crippen molar-refractivity contribution in [1.29, 1.82) is 0 Å². The molecule has 0 bridgehead atoms. The number of nitrogens with one attached hydrogen (secondary N) is 2. The molecule has 4 amide bonds. The number of hydrogen-bond donors (Lipinski definition) is 2. The van der Waals surface area contributed by atoms with Crippen LogP contribution in [0, 0.1) is 0 Å². The molecule has 0 aromatic rings. The number of urea groups is 2. The summed E-state index contributed by atoms with van der Waals surface area (Å²) < 4.78 is 0. The third-order valence-electron chi connectivity index (χ3n) is 1.28. The van der Waals surface area contributed by atoms with Crippen molar-refractivity contribution in [2.45, 2.75) is 26.7 Å². The van der Waals surface area contributed by atoms with E-state index in [1.165, 1.54) is 0 Å². The summed E-state index contributed by atoms with van der Waals surface area (Å²) in [4.78, 5) is 21.7. The summed E-state index contributed by atoms with van der Waals surface area (Å²) in [5, 5.41) is 11.3. The number of carbonyl (C=O) groups excluding carboxylic acids is 2. The minimum Gasteiger partial charge on any atom is -0.335 e. The van der Waals surface area contributed by atoms with Crippen LogP contribution in [0.25, 0.3) is 0 Å². The highest BCUT2D eigenvalue weighted by Gasteiger charge is 1.98. The second-order valence-corrected chi connectivity index (χ2v) is 2.66. The predicted octanol–water partition coefficient (Wildman–Crippen LogP) is 1.68. The summed E-state index contributed by atoms with van der Waals surface area (Å²) in [6, 6.07) is -1.17. The van der Waals surface area contributed by atoms with Crippen molar-refractivity contribution >= 4 is 12.1 Å². The summed E-state index contributed by atoms with van der Waals surface area (Å²) in [6.07, 6.45) is 1.65. The van der Waals surface area contributed by atoms with Crippen LogP contribution in [0.5, 0.6) is 0 Å². The van der Waals surface area contributed by atoms with E-state index in [0.29, 0.717) is 13.1 Å². The van der Waals surface area contributed by atoms with Crippen LogP contribution in [0.3, 0.4) is 0 Å². The number of rotatable bonds is 4. The van der Waals surface area contributed by atoms with Gasteiger partial charge in [-0.2, -0.15) is 0 Å². The Labute approximate surface area is 83.2 Å². The van der Waals surface area contributed by atoms with E-state index in [-0.39, 0.29) is 0 Å². The highest BCUT2D eigenvalue weighted by Crippen LogP contribution is 1.82. The van der Waals surface area contributed by atoms with Gasteiger partial charge in [0.15, 0.2) is 0 Å². The van der Waals surface area contributed by atoms with Crippen LogP contribution >= 0.6 is 0 Å². The molecule has 0 aliphatic rings. The van der Waals surface area contributed by atoms with Crippen molar-refractivity contribution < 1.29 is 9.59 Å². The SMILES string of the molecule is CCCNC(=O)/N=N/C(=O)NCCC. The van der Waals surface area contributed by atoms with Gasteiger partial charge in [-0.25, -0.2) is 9.59 Å². The van der Waals surface area contributed by atoms with Crippen molar-refractivity contribution in [3.8, 4) is 0 Å². The molecule has 0 saturated heterocycles. The summed E-state index contributed by atoms with van der Waals surface area (Å²) >= 11 is 0. The van der Waals surface area contributed by atoms with Gasteiger partial charge in [-0.15, -0.1) is 0 Å². The lowest BCUT2D eigenvalue weighted by molar-refractivity contribution is 0.241. The zero-order valence-corrected chi connectivity index (χ0v) is 8.54. The fraction of sp³-hybridized carbons (Fsp3) is 0.750.